The van der Waals surface area contributed by atoms with Gasteiger partial charge >= 0.3 is 0 Å². The zero-order valence-electron chi connectivity index (χ0n) is 11.4. The fraction of sp³-hybridized carbons (Fsp3) is 0.600. The number of halogens is 2. The van der Waals surface area contributed by atoms with Crippen molar-refractivity contribution in [2.75, 3.05) is 26.3 Å². The Balaban J connectivity index is 2.24. The second-order valence-corrected chi connectivity index (χ2v) is 5.33. The molecule has 0 aromatic heterocycles. The van der Waals surface area contributed by atoms with E-state index in [4.69, 9.17) is 0 Å². The van der Waals surface area contributed by atoms with Gasteiger partial charge in [0, 0.05) is 31.3 Å². The van der Waals surface area contributed by atoms with Crippen molar-refractivity contribution in [3.63, 3.8) is 0 Å². The average Bonchev–Trinajstić information content (AvgIpc) is 3.23. The summed E-state index contributed by atoms with van der Waals surface area (Å²) in [5, 5.41) is 18.4. The lowest BCUT2D eigenvalue weighted by atomic mass is 10.0. The molecule has 0 aliphatic heterocycles. The van der Waals surface area contributed by atoms with E-state index in [0.717, 1.165) is 25.5 Å². The Morgan fingerprint density at radius 1 is 1.20 bits per heavy atom. The fourth-order valence-electron chi connectivity index (χ4n) is 2.57. The first kappa shape index (κ1) is 15.4. The first-order chi connectivity index (χ1) is 9.67. The van der Waals surface area contributed by atoms with Crippen molar-refractivity contribution in [1.82, 2.24) is 4.90 Å². The molecular weight excluding hydrogens is 264 g/mol. The molecule has 0 spiro atoms. The van der Waals surface area contributed by atoms with Crippen LogP contribution in [0.3, 0.4) is 0 Å². The summed E-state index contributed by atoms with van der Waals surface area (Å²) in [5.41, 5.74) is 0.258. The molecule has 0 bridgehead atoms. The quantitative estimate of drug-likeness (QED) is 0.768. The second kappa shape index (κ2) is 7.11. The van der Waals surface area contributed by atoms with E-state index >= 15 is 0 Å². The number of nitrogens with zero attached hydrogens (tertiary/aromatic N) is 1. The van der Waals surface area contributed by atoms with Crippen molar-refractivity contribution in [2.24, 2.45) is 5.92 Å². The lowest BCUT2D eigenvalue weighted by Gasteiger charge is -2.31. The van der Waals surface area contributed by atoms with Gasteiger partial charge < -0.3 is 10.2 Å². The predicted molar refractivity (Wildman–Crippen MR) is 72.2 cm³/mol. The van der Waals surface area contributed by atoms with Crippen LogP contribution in [0.2, 0.25) is 0 Å². The molecule has 2 rings (SSSR count). The molecule has 112 valence electrons. The van der Waals surface area contributed by atoms with Gasteiger partial charge in [-0.2, -0.15) is 0 Å². The van der Waals surface area contributed by atoms with Gasteiger partial charge in [-0.15, -0.1) is 0 Å². The maximum absolute atomic E-state index is 14.0. The Hall–Kier alpha value is -1.04. The van der Waals surface area contributed by atoms with Gasteiger partial charge in [-0.05, 0) is 31.2 Å². The Labute approximate surface area is 117 Å². The molecule has 3 nitrogen and oxygen atoms in total. The van der Waals surface area contributed by atoms with Crippen LogP contribution in [0, 0.1) is 17.6 Å². The van der Waals surface area contributed by atoms with E-state index < -0.39 is 17.7 Å². The highest BCUT2D eigenvalue weighted by atomic mass is 19.2. The third-order valence-electron chi connectivity index (χ3n) is 3.76. The van der Waals surface area contributed by atoms with Crippen molar-refractivity contribution in [3.8, 4) is 0 Å². The van der Waals surface area contributed by atoms with Crippen molar-refractivity contribution in [2.45, 2.75) is 25.3 Å². The fourth-order valence-corrected chi connectivity index (χ4v) is 2.57. The SMILES string of the molecule is OCCC(c1cccc(F)c1F)N(CCO)CC1CC1. The van der Waals surface area contributed by atoms with Crippen LogP contribution in [0.25, 0.3) is 0 Å². The molecular formula is C15H21F2NO2. The van der Waals surface area contributed by atoms with Gasteiger partial charge in [-0.25, -0.2) is 8.78 Å². The first-order valence-corrected chi connectivity index (χ1v) is 7.07. The molecule has 0 amide bonds. The molecule has 0 saturated heterocycles. The summed E-state index contributed by atoms with van der Waals surface area (Å²) in [6, 6.07) is 3.72. The monoisotopic (exact) mass is 285 g/mol. The summed E-state index contributed by atoms with van der Waals surface area (Å²) in [6.45, 7) is 1.01. The number of rotatable bonds is 8. The van der Waals surface area contributed by atoms with E-state index in [-0.39, 0.29) is 18.8 Å². The predicted octanol–water partition coefficient (Wildman–Crippen LogP) is 2.09. The molecule has 1 fully saturated rings. The van der Waals surface area contributed by atoms with Gasteiger partial charge in [0.05, 0.1) is 6.61 Å². The van der Waals surface area contributed by atoms with Crippen molar-refractivity contribution < 1.29 is 19.0 Å². The Morgan fingerprint density at radius 3 is 2.55 bits per heavy atom. The van der Waals surface area contributed by atoms with Crippen LogP contribution < -0.4 is 0 Å². The number of benzene rings is 1. The van der Waals surface area contributed by atoms with E-state index in [2.05, 4.69) is 0 Å². The van der Waals surface area contributed by atoms with Crippen LogP contribution in [0.4, 0.5) is 8.78 Å². The summed E-state index contributed by atoms with van der Waals surface area (Å²) in [5.74, 6) is -1.16. The zero-order chi connectivity index (χ0) is 14.5. The summed E-state index contributed by atoms with van der Waals surface area (Å²) < 4.78 is 27.4. The molecule has 0 radical (unpaired) electrons. The highest BCUT2D eigenvalue weighted by Crippen LogP contribution is 2.34. The number of hydrogen-bond acceptors (Lipinski definition) is 3. The first-order valence-electron chi connectivity index (χ1n) is 7.07. The molecule has 2 N–H and O–H groups in total. The Morgan fingerprint density at radius 2 is 1.95 bits per heavy atom. The minimum Gasteiger partial charge on any atom is -0.396 e. The van der Waals surface area contributed by atoms with Gasteiger partial charge in [-0.3, -0.25) is 4.90 Å². The lowest BCUT2D eigenvalue weighted by molar-refractivity contribution is 0.119. The summed E-state index contributed by atoms with van der Waals surface area (Å²) in [4.78, 5) is 1.95. The van der Waals surface area contributed by atoms with Crippen molar-refractivity contribution >= 4 is 0 Å². The largest absolute Gasteiger partial charge is 0.396 e. The molecule has 5 heteroatoms. The summed E-state index contributed by atoms with van der Waals surface area (Å²) in [6.07, 6.45) is 2.60. The van der Waals surface area contributed by atoms with Gasteiger partial charge in [0.25, 0.3) is 0 Å². The normalized spacial score (nSPS) is 16.6. The number of aliphatic hydroxyl groups is 2. The molecule has 1 aliphatic rings. The highest BCUT2D eigenvalue weighted by molar-refractivity contribution is 5.23. The van der Waals surface area contributed by atoms with Gasteiger partial charge in [0.15, 0.2) is 11.6 Å². The van der Waals surface area contributed by atoms with Crippen LogP contribution in [-0.4, -0.2) is 41.4 Å². The van der Waals surface area contributed by atoms with E-state index in [9.17, 15) is 19.0 Å². The summed E-state index contributed by atoms with van der Waals surface area (Å²) in [7, 11) is 0. The molecule has 1 unspecified atom stereocenters. The number of aliphatic hydroxyl groups excluding tert-OH is 2. The third-order valence-corrected chi connectivity index (χ3v) is 3.76. The smallest absolute Gasteiger partial charge is 0.163 e. The van der Waals surface area contributed by atoms with E-state index in [1.165, 1.54) is 6.07 Å². The molecule has 1 aliphatic carbocycles. The molecule has 1 aromatic rings. The summed E-state index contributed by atoms with van der Waals surface area (Å²) >= 11 is 0. The second-order valence-electron chi connectivity index (χ2n) is 5.33. The molecule has 1 atom stereocenters. The Kier molecular flexibility index (Phi) is 5.46. The van der Waals surface area contributed by atoms with Crippen LogP contribution in [0.1, 0.15) is 30.9 Å². The van der Waals surface area contributed by atoms with Crippen molar-refractivity contribution in [1.29, 1.82) is 0 Å². The van der Waals surface area contributed by atoms with Crippen LogP contribution in [0.15, 0.2) is 18.2 Å². The zero-order valence-corrected chi connectivity index (χ0v) is 11.4. The lowest BCUT2D eigenvalue weighted by Crippen LogP contribution is -2.34. The van der Waals surface area contributed by atoms with E-state index in [1.807, 2.05) is 4.90 Å². The van der Waals surface area contributed by atoms with Gasteiger partial charge in [0.1, 0.15) is 0 Å². The van der Waals surface area contributed by atoms with Crippen molar-refractivity contribution in [3.05, 3.63) is 35.4 Å². The third kappa shape index (κ3) is 3.75. The van der Waals surface area contributed by atoms with Crippen LogP contribution >= 0.6 is 0 Å². The minimum absolute atomic E-state index is 0.0361. The van der Waals surface area contributed by atoms with E-state index in [1.54, 1.807) is 6.07 Å². The van der Waals surface area contributed by atoms with Crippen LogP contribution in [0.5, 0.6) is 0 Å². The molecule has 1 aromatic carbocycles. The minimum atomic E-state index is -0.874. The Bertz CT molecular complexity index is 438. The average molecular weight is 285 g/mol. The van der Waals surface area contributed by atoms with Gasteiger partial charge in [-0.1, -0.05) is 12.1 Å². The van der Waals surface area contributed by atoms with Crippen LogP contribution in [-0.2, 0) is 0 Å². The maximum Gasteiger partial charge on any atom is 0.163 e. The topological polar surface area (TPSA) is 43.7 Å². The molecule has 20 heavy (non-hydrogen) atoms. The molecule has 1 saturated carbocycles. The number of hydrogen-bond donors (Lipinski definition) is 2. The van der Waals surface area contributed by atoms with E-state index in [0.29, 0.717) is 18.9 Å². The van der Waals surface area contributed by atoms with Gasteiger partial charge in [0.2, 0.25) is 0 Å². The molecule has 0 heterocycles. The standard InChI is InChI=1S/C15H21F2NO2/c16-13-3-1-2-12(15(13)17)14(6-8-19)18(7-9-20)10-11-4-5-11/h1-3,11,14,19-20H,4-10H2. The highest BCUT2D eigenvalue weighted by Gasteiger charge is 2.30. The maximum atomic E-state index is 14.0.